The molecule has 1 saturated carbocycles. The summed E-state index contributed by atoms with van der Waals surface area (Å²) in [4.78, 5) is 11.7. The van der Waals surface area contributed by atoms with Crippen LogP contribution in [0.5, 0.6) is 0 Å². The van der Waals surface area contributed by atoms with E-state index in [1.54, 1.807) is 6.08 Å². The highest BCUT2D eigenvalue weighted by Crippen LogP contribution is 2.47. The van der Waals surface area contributed by atoms with Gasteiger partial charge in [0.1, 0.15) is 0 Å². The maximum absolute atomic E-state index is 11.7. The molecule has 1 aliphatic rings. The molecule has 1 aromatic rings. The number of aliphatic hydroxyl groups is 1. The van der Waals surface area contributed by atoms with Gasteiger partial charge in [-0.3, -0.25) is 4.79 Å². The molecule has 0 heterocycles. The van der Waals surface area contributed by atoms with Gasteiger partial charge in [0.05, 0.1) is 0 Å². The summed E-state index contributed by atoms with van der Waals surface area (Å²) in [5.41, 5.74) is 7.40. The number of rotatable bonds is 6. The highest BCUT2D eigenvalue weighted by Gasteiger charge is 2.41. The fourth-order valence-electron chi connectivity index (χ4n) is 2.10. The number of anilines is 1. The molecule has 1 aliphatic carbocycles. The number of carbonyl (C=O) groups is 1. The summed E-state index contributed by atoms with van der Waals surface area (Å²) < 4.78 is 0. The zero-order valence-corrected chi connectivity index (χ0v) is 10.9. The maximum atomic E-state index is 11.7. The van der Waals surface area contributed by atoms with Gasteiger partial charge >= 0.3 is 0 Å². The Balaban J connectivity index is 1.81. The van der Waals surface area contributed by atoms with Crippen LogP contribution in [-0.4, -0.2) is 24.2 Å². The SMILES string of the molecule is Nc1cccc(/C=C/C(=O)NCC2(CCO)CC2)c1. The van der Waals surface area contributed by atoms with Crippen LogP contribution >= 0.6 is 0 Å². The van der Waals surface area contributed by atoms with Gasteiger partial charge in [-0.15, -0.1) is 0 Å². The van der Waals surface area contributed by atoms with Crippen molar-refractivity contribution in [3.05, 3.63) is 35.9 Å². The predicted octanol–water partition coefficient (Wildman–Crippen LogP) is 1.56. The lowest BCUT2D eigenvalue weighted by molar-refractivity contribution is -0.116. The van der Waals surface area contributed by atoms with Gasteiger partial charge in [-0.1, -0.05) is 12.1 Å². The number of amides is 1. The van der Waals surface area contributed by atoms with Crippen molar-refractivity contribution in [3.8, 4) is 0 Å². The molecule has 0 saturated heterocycles. The third kappa shape index (κ3) is 4.10. The van der Waals surface area contributed by atoms with Crippen molar-refractivity contribution in [3.63, 3.8) is 0 Å². The van der Waals surface area contributed by atoms with Gasteiger partial charge in [-0.25, -0.2) is 0 Å². The van der Waals surface area contributed by atoms with Gasteiger partial charge in [0.2, 0.25) is 5.91 Å². The molecule has 0 unspecified atom stereocenters. The van der Waals surface area contributed by atoms with E-state index in [0.717, 1.165) is 24.8 Å². The number of nitrogen functional groups attached to an aromatic ring is 1. The van der Waals surface area contributed by atoms with Gasteiger partial charge in [-0.05, 0) is 48.4 Å². The molecule has 0 spiro atoms. The van der Waals surface area contributed by atoms with Crippen LogP contribution < -0.4 is 11.1 Å². The summed E-state index contributed by atoms with van der Waals surface area (Å²) in [6, 6.07) is 7.38. The molecule has 4 N–H and O–H groups in total. The molecular formula is C15H20N2O2. The van der Waals surface area contributed by atoms with E-state index in [1.165, 1.54) is 6.08 Å². The smallest absolute Gasteiger partial charge is 0.244 e. The Morgan fingerprint density at radius 2 is 2.26 bits per heavy atom. The zero-order valence-electron chi connectivity index (χ0n) is 10.9. The maximum Gasteiger partial charge on any atom is 0.244 e. The molecule has 0 atom stereocenters. The Bertz CT molecular complexity index is 479. The minimum absolute atomic E-state index is 0.105. The van der Waals surface area contributed by atoms with Crippen LogP contribution in [0.25, 0.3) is 6.08 Å². The van der Waals surface area contributed by atoms with E-state index in [-0.39, 0.29) is 17.9 Å². The number of hydrogen-bond donors (Lipinski definition) is 3. The normalized spacial score (nSPS) is 16.5. The summed E-state index contributed by atoms with van der Waals surface area (Å²) in [7, 11) is 0. The molecular weight excluding hydrogens is 240 g/mol. The molecule has 4 heteroatoms. The molecule has 1 aromatic carbocycles. The Morgan fingerprint density at radius 3 is 2.89 bits per heavy atom. The second-order valence-electron chi connectivity index (χ2n) is 5.19. The van der Waals surface area contributed by atoms with Gasteiger partial charge in [-0.2, -0.15) is 0 Å². The monoisotopic (exact) mass is 260 g/mol. The molecule has 0 radical (unpaired) electrons. The standard InChI is InChI=1S/C15H20N2O2/c16-13-3-1-2-12(10-13)4-5-14(19)17-11-15(6-7-15)8-9-18/h1-5,10,18H,6-9,11,16H2,(H,17,19)/b5-4+. The molecule has 0 aliphatic heterocycles. The second-order valence-corrected chi connectivity index (χ2v) is 5.19. The number of aliphatic hydroxyl groups excluding tert-OH is 1. The fourth-order valence-corrected chi connectivity index (χ4v) is 2.10. The molecule has 0 bridgehead atoms. The average molecular weight is 260 g/mol. The predicted molar refractivity (Wildman–Crippen MR) is 76.3 cm³/mol. The van der Waals surface area contributed by atoms with Gasteiger partial charge < -0.3 is 16.2 Å². The fraction of sp³-hybridized carbons (Fsp3) is 0.400. The van der Waals surface area contributed by atoms with Crippen LogP contribution in [0.2, 0.25) is 0 Å². The first-order valence-corrected chi connectivity index (χ1v) is 6.56. The first-order chi connectivity index (χ1) is 9.13. The Labute approximate surface area is 113 Å². The molecule has 19 heavy (non-hydrogen) atoms. The van der Waals surface area contributed by atoms with Crippen molar-refractivity contribution in [2.24, 2.45) is 5.41 Å². The Kier molecular flexibility index (Phi) is 4.22. The van der Waals surface area contributed by atoms with E-state index >= 15 is 0 Å². The highest BCUT2D eigenvalue weighted by molar-refractivity contribution is 5.91. The first kappa shape index (κ1) is 13.6. The topological polar surface area (TPSA) is 75.4 Å². The van der Waals surface area contributed by atoms with Crippen LogP contribution in [0.4, 0.5) is 5.69 Å². The van der Waals surface area contributed by atoms with E-state index in [4.69, 9.17) is 10.8 Å². The molecule has 102 valence electrons. The van der Waals surface area contributed by atoms with E-state index < -0.39 is 0 Å². The summed E-state index contributed by atoms with van der Waals surface area (Å²) in [6.07, 6.45) is 6.22. The van der Waals surface area contributed by atoms with Crippen molar-refractivity contribution in [1.82, 2.24) is 5.32 Å². The lowest BCUT2D eigenvalue weighted by Crippen LogP contribution is -2.29. The second kappa shape index (κ2) is 5.89. The van der Waals surface area contributed by atoms with Crippen LogP contribution in [0.15, 0.2) is 30.3 Å². The number of nitrogens with one attached hydrogen (secondary N) is 1. The van der Waals surface area contributed by atoms with Gasteiger partial charge in [0.25, 0.3) is 0 Å². The molecule has 0 aromatic heterocycles. The van der Waals surface area contributed by atoms with E-state index in [9.17, 15) is 4.79 Å². The quantitative estimate of drug-likeness (QED) is 0.536. The largest absolute Gasteiger partial charge is 0.399 e. The van der Waals surface area contributed by atoms with Crippen LogP contribution in [0, 0.1) is 5.41 Å². The van der Waals surface area contributed by atoms with Crippen LogP contribution in [0.1, 0.15) is 24.8 Å². The lowest BCUT2D eigenvalue weighted by atomic mass is 10.0. The molecule has 1 amide bonds. The minimum atomic E-state index is -0.105. The van der Waals surface area contributed by atoms with Crippen LogP contribution in [-0.2, 0) is 4.79 Å². The minimum Gasteiger partial charge on any atom is -0.399 e. The van der Waals surface area contributed by atoms with Crippen molar-refractivity contribution in [2.75, 3.05) is 18.9 Å². The number of carbonyl (C=O) groups excluding carboxylic acids is 1. The van der Waals surface area contributed by atoms with E-state index in [1.807, 2.05) is 24.3 Å². The van der Waals surface area contributed by atoms with E-state index in [2.05, 4.69) is 5.32 Å². The third-order valence-electron chi connectivity index (χ3n) is 3.57. The zero-order chi connectivity index (χ0) is 13.7. The molecule has 4 nitrogen and oxygen atoms in total. The first-order valence-electron chi connectivity index (χ1n) is 6.56. The number of benzene rings is 1. The lowest BCUT2D eigenvalue weighted by Gasteiger charge is -2.13. The van der Waals surface area contributed by atoms with E-state index in [0.29, 0.717) is 12.2 Å². The van der Waals surface area contributed by atoms with Crippen molar-refractivity contribution in [2.45, 2.75) is 19.3 Å². The summed E-state index contributed by atoms with van der Waals surface area (Å²) in [6.45, 7) is 0.836. The summed E-state index contributed by atoms with van der Waals surface area (Å²) >= 11 is 0. The number of nitrogens with two attached hydrogens (primary N) is 1. The van der Waals surface area contributed by atoms with Crippen molar-refractivity contribution < 1.29 is 9.90 Å². The van der Waals surface area contributed by atoms with Gasteiger partial charge in [0, 0.05) is 24.9 Å². The van der Waals surface area contributed by atoms with Crippen molar-refractivity contribution in [1.29, 1.82) is 0 Å². The van der Waals surface area contributed by atoms with Crippen LogP contribution in [0.3, 0.4) is 0 Å². The number of hydrogen-bond acceptors (Lipinski definition) is 3. The summed E-state index contributed by atoms with van der Waals surface area (Å²) in [5.74, 6) is -0.105. The summed E-state index contributed by atoms with van der Waals surface area (Å²) in [5, 5.41) is 11.8. The van der Waals surface area contributed by atoms with Crippen molar-refractivity contribution >= 4 is 17.7 Å². The Hall–Kier alpha value is -1.81. The molecule has 1 fully saturated rings. The average Bonchev–Trinajstić information content (AvgIpc) is 3.15. The third-order valence-corrected chi connectivity index (χ3v) is 3.57. The molecule has 2 rings (SSSR count). The van der Waals surface area contributed by atoms with Gasteiger partial charge in [0.15, 0.2) is 0 Å². The Morgan fingerprint density at radius 1 is 1.47 bits per heavy atom. The highest BCUT2D eigenvalue weighted by atomic mass is 16.3.